The molecule has 0 bridgehead atoms. The van der Waals surface area contributed by atoms with Crippen LogP contribution in [0.15, 0.2) is 11.6 Å². The molecular formula is C19H29NO2. The normalized spacial score (nSPS) is 54.3. The maximum Gasteiger partial charge on any atom is 0.139 e. The molecule has 4 rings (SSSR count). The molecule has 2 unspecified atom stereocenters. The molecule has 0 aliphatic heterocycles. The molecule has 7 atom stereocenters. The van der Waals surface area contributed by atoms with Gasteiger partial charge in [0.15, 0.2) is 0 Å². The van der Waals surface area contributed by atoms with Crippen LogP contribution >= 0.6 is 0 Å². The van der Waals surface area contributed by atoms with E-state index in [4.69, 9.17) is 5.73 Å². The minimum atomic E-state index is -0.381. The lowest BCUT2D eigenvalue weighted by Crippen LogP contribution is -2.55. The van der Waals surface area contributed by atoms with Gasteiger partial charge in [-0.3, -0.25) is 4.79 Å². The molecule has 0 saturated heterocycles. The number of hydrogen-bond donors (Lipinski definition) is 2. The first-order chi connectivity index (χ1) is 10.4. The molecule has 3 saturated carbocycles. The average molecular weight is 303 g/mol. The maximum absolute atomic E-state index is 12.4. The van der Waals surface area contributed by atoms with Crippen LogP contribution < -0.4 is 5.73 Å². The van der Waals surface area contributed by atoms with E-state index in [0.29, 0.717) is 17.6 Å². The maximum atomic E-state index is 12.4. The van der Waals surface area contributed by atoms with E-state index in [-0.39, 0.29) is 28.9 Å². The third-order valence-electron chi connectivity index (χ3n) is 7.88. The average Bonchev–Trinajstić information content (AvgIpc) is 2.77. The quantitative estimate of drug-likeness (QED) is 0.676. The SMILES string of the molecule is C[C@]12CCC(N)CC1=CC(O)[C@@H]1[C@H]2CC[C@]2(C)C(=O)CC[C@@H]12. The van der Waals surface area contributed by atoms with Gasteiger partial charge in [0.05, 0.1) is 6.10 Å². The monoisotopic (exact) mass is 303 g/mol. The van der Waals surface area contributed by atoms with Gasteiger partial charge in [-0.25, -0.2) is 0 Å². The third kappa shape index (κ3) is 1.78. The predicted octanol–water partition coefficient (Wildman–Crippen LogP) is 2.82. The minimum absolute atomic E-state index is 0.172. The summed E-state index contributed by atoms with van der Waals surface area (Å²) in [5.74, 6) is 1.61. The van der Waals surface area contributed by atoms with Crippen molar-refractivity contribution in [3.8, 4) is 0 Å². The zero-order valence-electron chi connectivity index (χ0n) is 13.8. The van der Waals surface area contributed by atoms with Gasteiger partial charge in [-0.2, -0.15) is 0 Å². The molecule has 0 heterocycles. The molecule has 3 nitrogen and oxygen atoms in total. The summed E-state index contributed by atoms with van der Waals surface area (Å²) < 4.78 is 0. The molecule has 0 aromatic rings. The molecule has 0 aromatic carbocycles. The van der Waals surface area contributed by atoms with Crippen LogP contribution in [-0.2, 0) is 4.79 Å². The number of nitrogens with two attached hydrogens (primary N) is 1. The summed E-state index contributed by atoms with van der Waals surface area (Å²) >= 11 is 0. The highest BCUT2D eigenvalue weighted by atomic mass is 16.3. The zero-order chi connectivity index (χ0) is 15.7. The number of rotatable bonds is 0. The first-order valence-electron chi connectivity index (χ1n) is 9.04. The molecule has 4 aliphatic carbocycles. The topological polar surface area (TPSA) is 63.3 Å². The van der Waals surface area contributed by atoms with Gasteiger partial charge < -0.3 is 10.8 Å². The van der Waals surface area contributed by atoms with Gasteiger partial charge in [0, 0.05) is 17.9 Å². The molecule has 22 heavy (non-hydrogen) atoms. The van der Waals surface area contributed by atoms with Crippen LogP contribution in [-0.4, -0.2) is 23.0 Å². The Labute approximate surface area is 133 Å². The van der Waals surface area contributed by atoms with E-state index >= 15 is 0 Å². The molecule has 0 radical (unpaired) electrons. The largest absolute Gasteiger partial charge is 0.389 e. The van der Waals surface area contributed by atoms with E-state index in [1.54, 1.807) is 0 Å². The smallest absolute Gasteiger partial charge is 0.139 e. The fourth-order valence-corrected chi connectivity index (χ4v) is 6.45. The van der Waals surface area contributed by atoms with Crippen molar-refractivity contribution in [1.29, 1.82) is 0 Å². The highest BCUT2D eigenvalue weighted by Gasteiger charge is 2.60. The molecular weight excluding hydrogens is 274 g/mol. The van der Waals surface area contributed by atoms with Gasteiger partial charge >= 0.3 is 0 Å². The van der Waals surface area contributed by atoms with Crippen LogP contribution in [0.2, 0.25) is 0 Å². The van der Waals surface area contributed by atoms with Crippen molar-refractivity contribution in [2.24, 2.45) is 34.3 Å². The molecule has 122 valence electrons. The number of carbonyl (C=O) groups excluding carboxylic acids is 1. The Morgan fingerprint density at radius 3 is 2.59 bits per heavy atom. The molecule has 3 N–H and O–H groups in total. The van der Waals surface area contributed by atoms with Crippen LogP contribution in [0.5, 0.6) is 0 Å². The van der Waals surface area contributed by atoms with Crippen LogP contribution in [0.3, 0.4) is 0 Å². The van der Waals surface area contributed by atoms with E-state index in [2.05, 4.69) is 19.9 Å². The van der Waals surface area contributed by atoms with Crippen molar-refractivity contribution in [1.82, 2.24) is 0 Å². The van der Waals surface area contributed by atoms with Gasteiger partial charge in [0.2, 0.25) is 0 Å². The highest BCUT2D eigenvalue weighted by Crippen LogP contribution is 2.63. The van der Waals surface area contributed by atoms with E-state index in [0.717, 1.165) is 44.9 Å². The van der Waals surface area contributed by atoms with E-state index in [1.165, 1.54) is 5.57 Å². The van der Waals surface area contributed by atoms with Crippen LogP contribution in [0.1, 0.15) is 58.8 Å². The summed E-state index contributed by atoms with van der Waals surface area (Å²) in [7, 11) is 0. The third-order valence-corrected chi connectivity index (χ3v) is 7.88. The van der Waals surface area contributed by atoms with Crippen molar-refractivity contribution in [3.63, 3.8) is 0 Å². The fourth-order valence-electron chi connectivity index (χ4n) is 6.45. The Kier molecular flexibility index (Phi) is 3.16. The van der Waals surface area contributed by atoms with Crippen LogP contribution in [0.4, 0.5) is 0 Å². The lowest BCUT2D eigenvalue weighted by Gasteiger charge is -2.58. The molecule has 3 fully saturated rings. The number of aliphatic hydroxyl groups is 1. The van der Waals surface area contributed by atoms with Gasteiger partial charge in [0.25, 0.3) is 0 Å². The Morgan fingerprint density at radius 1 is 1.14 bits per heavy atom. The first kappa shape index (κ1) is 14.9. The van der Waals surface area contributed by atoms with Crippen molar-refractivity contribution in [2.45, 2.75) is 70.9 Å². The minimum Gasteiger partial charge on any atom is -0.389 e. The second-order valence-electron chi connectivity index (χ2n) is 8.81. The van der Waals surface area contributed by atoms with Crippen molar-refractivity contribution in [3.05, 3.63) is 11.6 Å². The number of hydrogen-bond acceptors (Lipinski definition) is 3. The summed E-state index contributed by atoms with van der Waals surface area (Å²) in [4.78, 5) is 12.4. The Bertz CT molecular complexity index is 542. The predicted molar refractivity (Wildman–Crippen MR) is 86.1 cm³/mol. The second-order valence-corrected chi connectivity index (χ2v) is 8.81. The number of Topliss-reactive ketones (excluding diaryl/α,β-unsaturated/α-hetero) is 1. The van der Waals surface area contributed by atoms with Gasteiger partial charge in [-0.05, 0) is 61.7 Å². The summed E-state index contributed by atoms with van der Waals surface area (Å²) in [6, 6.07) is 0.255. The summed E-state index contributed by atoms with van der Waals surface area (Å²) in [6.07, 6.45) is 8.71. The number of carbonyl (C=O) groups is 1. The van der Waals surface area contributed by atoms with Gasteiger partial charge in [0.1, 0.15) is 5.78 Å². The van der Waals surface area contributed by atoms with Gasteiger partial charge in [-0.1, -0.05) is 25.5 Å². The first-order valence-corrected chi connectivity index (χ1v) is 9.04. The van der Waals surface area contributed by atoms with E-state index < -0.39 is 0 Å². The highest BCUT2D eigenvalue weighted by molar-refractivity contribution is 5.87. The molecule has 3 heteroatoms. The second kappa shape index (κ2) is 4.67. The van der Waals surface area contributed by atoms with E-state index in [9.17, 15) is 9.90 Å². The summed E-state index contributed by atoms with van der Waals surface area (Å²) in [6.45, 7) is 4.56. The number of ketones is 1. The zero-order valence-corrected chi connectivity index (χ0v) is 13.8. The molecule has 0 amide bonds. The Hall–Kier alpha value is -0.670. The number of fused-ring (bicyclic) bond motifs is 5. The van der Waals surface area contributed by atoms with Crippen molar-refractivity contribution in [2.75, 3.05) is 0 Å². The fraction of sp³-hybridized carbons (Fsp3) is 0.842. The van der Waals surface area contributed by atoms with Crippen LogP contribution in [0, 0.1) is 28.6 Å². The Balaban J connectivity index is 1.75. The van der Waals surface area contributed by atoms with Crippen molar-refractivity contribution < 1.29 is 9.90 Å². The van der Waals surface area contributed by atoms with E-state index in [1.807, 2.05) is 0 Å². The molecule has 0 aromatic heterocycles. The van der Waals surface area contributed by atoms with Gasteiger partial charge in [-0.15, -0.1) is 0 Å². The lowest BCUT2D eigenvalue weighted by molar-refractivity contribution is -0.135. The van der Waals surface area contributed by atoms with Crippen LogP contribution in [0.25, 0.3) is 0 Å². The molecule has 4 aliphatic rings. The number of aliphatic hydroxyl groups excluding tert-OH is 1. The summed E-state index contributed by atoms with van der Waals surface area (Å²) in [5.41, 5.74) is 7.60. The Morgan fingerprint density at radius 2 is 1.82 bits per heavy atom. The molecule has 0 spiro atoms. The van der Waals surface area contributed by atoms with Crippen molar-refractivity contribution >= 4 is 5.78 Å². The standard InChI is InChI=1S/C19H29NO2/c1-18-7-5-12(20)9-11(18)10-15(21)17-13-3-4-16(22)19(13,2)8-6-14(17)18/h10,12-15,17,21H,3-9,20H2,1-2H3/t12?,13-,14+,15?,17-,18-,19-/m0/s1. The lowest BCUT2D eigenvalue weighted by atomic mass is 9.47. The summed E-state index contributed by atoms with van der Waals surface area (Å²) in [5, 5.41) is 10.9.